The van der Waals surface area contributed by atoms with E-state index in [0.717, 1.165) is 16.7 Å². The molecule has 0 spiro atoms. The van der Waals surface area contributed by atoms with E-state index in [9.17, 15) is 29.3 Å². The molecule has 29 heavy (non-hydrogen) atoms. The number of fused-ring (bicyclic) bond motifs is 2. The molecule has 0 N–H and O–H groups in total. The van der Waals surface area contributed by atoms with Crippen LogP contribution in [0.2, 0.25) is 0 Å². The highest BCUT2D eigenvalue weighted by Gasteiger charge is 2.21. The van der Waals surface area contributed by atoms with Crippen molar-refractivity contribution in [2.45, 2.75) is 26.7 Å². The second-order valence-corrected chi connectivity index (χ2v) is 6.07. The number of benzene rings is 1. The quantitative estimate of drug-likeness (QED) is 0.263. The number of rotatable bonds is 6. The first-order valence-corrected chi connectivity index (χ1v) is 8.26. The highest BCUT2D eigenvalue weighted by atomic mass is 17.0. The molecule has 4 rings (SSSR count). The molecule has 0 aliphatic heterocycles. The Hall–Kier alpha value is -4.23. The predicted octanol–water partition coefficient (Wildman–Crippen LogP) is -1.87. The molecule has 3 aromatic heterocycles. The maximum absolute atomic E-state index is 12.7. The summed E-state index contributed by atoms with van der Waals surface area (Å²) in [5.41, 5.74) is -3.05. The lowest BCUT2D eigenvalue weighted by Crippen LogP contribution is -2.28. The summed E-state index contributed by atoms with van der Waals surface area (Å²) < 4.78 is 2.86. The summed E-state index contributed by atoms with van der Waals surface area (Å²) in [4.78, 5) is 64.6. The van der Waals surface area contributed by atoms with Crippen molar-refractivity contribution in [3.05, 3.63) is 69.5 Å². The number of hydrogen-bond acceptors (Lipinski definition) is 10. The standard InChI is InChI=1S/C15H11N7O7/c1-2-21-11(16-17-18-21)5-19-12(23)7-3-9-10(4-8(7)13(19)24)15(26)20(14(9)25)6-29-22(27)28/h3-4H,2,5-6H2,1H3. The fourth-order valence-corrected chi connectivity index (χ4v) is 3.16. The molecule has 3 heterocycles. The zero-order chi connectivity index (χ0) is 20.9. The van der Waals surface area contributed by atoms with Gasteiger partial charge in [0.2, 0.25) is 0 Å². The Morgan fingerprint density at radius 2 is 1.48 bits per heavy atom. The minimum atomic E-state index is -1.14. The lowest BCUT2D eigenvalue weighted by molar-refractivity contribution is -0.767. The third-order valence-corrected chi connectivity index (χ3v) is 4.56. The van der Waals surface area contributed by atoms with Crippen molar-refractivity contribution in [3.63, 3.8) is 0 Å². The van der Waals surface area contributed by atoms with Crippen LogP contribution in [0.15, 0.2) is 31.3 Å². The van der Waals surface area contributed by atoms with Crippen LogP contribution in [0.3, 0.4) is 0 Å². The summed E-state index contributed by atoms with van der Waals surface area (Å²) in [6.07, 6.45) is 0. The lowest BCUT2D eigenvalue weighted by Gasteiger charge is -2.00. The van der Waals surface area contributed by atoms with Gasteiger partial charge in [-0.05, 0) is 29.5 Å². The van der Waals surface area contributed by atoms with Gasteiger partial charge in [0, 0.05) is 6.54 Å². The molecule has 0 aliphatic rings. The molecule has 0 amide bonds. The van der Waals surface area contributed by atoms with Crippen LogP contribution in [-0.2, 0) is 24.7 Å². The van der Waals surface area contributed by atoms with Crippen LogP contribution in [-0.4, -0.2) is 34.4 Å². The van der Waals surface area contributed by atoms with Crippen LogP contribution in [0.1, 0.15) is 12.7 Å². The van der Waals surface area contributed by atoms with Gasteiger partial charge in [-0.15, -0.1) is 15.2 Å². The van der Waals surface area contributed by atoms with Gasteiger partial charge >= 0.3 is 0 Å². The molecule has 4 aromatic rings. The number of tetrazole rings is 1. The smallest absolute Gasteiger partial charge is 0.292 e. The van der Waals surface area contributed by atoms with E-state index in [1.165, 1.54) is 4.68 Å². The van der Waals surface area contributed by atoms with Crippen molar-refractivity contribution in [2.24, 2.45) is 0 Å². The summed E-state index contributed by atoms with van der Waals surface area (Å²) in [5.74, 6) is 0.296. The molecule has 0 fully saturated rings. The van der Waals surface area contributed by atoms with Crippen molar-refractivity contribution in [2.75, 3.05) is 0 Å². The van der Waals surface area contributed by atoms with Gasteiger partial charge in [0.1, 0.15) is 0 Å². The third-order valence-electron chi connectivity index (χ3n) is 4.56. The highest BCUT2D eigenvalue weighted by molar-refractivity contribution is 5.97. The molecule has 0 bridgehead atoms. The molecule has 1 aromatic carbocycles. The maximum Gasteiger partial charge on any atom is 0.296 e. The Balaban J connectivity index is 1.91. The molecule has 0 atom stereocenters. The molecule has 0 saturated carbocycles. The Bertz CT molecular complexity index is 1410. The molecule has 0 radical (unpaired) electrons. The van der Waals surface area contributed by atoms with Gasteiger partial charge in [0.25, 0.3) is 27.3 Å². The molecular formula is C15H11N7O7. The van der Waals surface area contributed by atoms with E-state index in [2.05, 4.69) is 20.4 Å². The van der Waals surface area contributed by atoms with Gasteiger partial charge in [-0.25, -0.2) is 9.25 Å². The Labute approximate surface area is 157 Å². The number of nitrogens with zero attached hydrogens (tertiary/aromatic N) is 7. The van der Waals surface area contributed by atoms with Crippen molar-refractivity contribution in [1.82, 2.24) is 29.3 Å². The monoisotopic (exact) mass is 401 g/mol. The minimum Gasteiger partial charge on any atom is -0.292 e. The van der Waals surface area contributed by atoms with Crippen molar-refractivity contribution in [3.8, 4) is 0 Å². The van der Waals surface area contributed by atoms with Crippen molar-refractivity contribution in [1.29, 1.82) is 0 Å². The largest absolute Gasteiger partial charge is 0.296 e. The van der Waals surface area contributed by atoms with Crippen LogP contribution in [0.25, 0.3) is 21.5 Å². The highest BCUT2D eigenvalue weighted by Crippen LogP contribution is 2.14. The summed E-state index contributed by atoms with van der Waals surface area (Å²) >= 11 is 0. The van der Waals surface area contributed by atoms with Gasteiger partial charge in [0.15, 0.2) is 12.6 Å². The van der Waals surface area contributed by atoms with E-state index in [4.69, 9.17) is 0 Å². The van der Waals surface area contributed by atoms with E-state index in [1.807, 2.05) is 0 Å². The van der Waals surface area contributed by atoms with Crippen LogP contribution >= 0.6 is 0 Å². The van der Waals surface area contributed by atoms with E-state index < -0.39 is 34.1 Å². The van der Waals surface area contributed by atoms with E-state index >= 15 is 0 Å². The molecule has 0 unspecified atom stereocenters. The molecule has 14 nitrogen and oxygen atoms in total. The first-order chi connectivity index (χ1) is 13.8. The Morgan fingerprint density at radius 3 is 1.97 bits per heavy atom. The van der Waals surface area contributed by atoms with Crippen molar-refractivity contribution < 1.29 is 9.92 Å². The molecule has 148 valence electrons. The van der Waals surface area contributed by atoms with Gasteiger partial charge in [-0.1, -0.05) is 0 Å². The molecule has 0 aliphatic carbocycles. The average molecular weight is 401 g/mol. The van der Waals surface area contributed by atoms with Crippen LogP contribution < -0.4 is 22.2 Å². The van der Waals surface area contributed by atoms with Gasteiger partial charge < -0.3 is 0 Å². The van der Waals surface area contributed by atoms with Gasteiger partial charge in [-0.3, -0.25) is 28.6 Å². The number of aromatic nitrogens is 6. The topological polar surface area (TPSA) is 174 Å². The van der Waals surface area contributed by atoms with Crippen LogP contribution in [0.5, 0.6) is 0 Å². The second-order valence-electron chi connectivity index (χ2n) is 6.07. The Kier molecular flexibility index (Phi) is 4.03. The number of hydrogen-bond donors (Lipinski definition) is 0. The second kappa shape index (κ2) is 6.43. The van der Waals surface area contributed by atoms with Crippen molar-refractivity contribution >= 4 is 21.5 Å². The zero-order valence-corrected chi connectivity index (χ0v) is 14.8. The van der Waals surface area contributed by atoms with E-state index in [0.29, 0.717) is 16.9 Å². The summed E-state index contributed by atoms with van der Waals surface area (Å²) in [6.45, 7) is 1.16. The number of aryl methyl sites for hydroxylation is 1. The first kappa shape index (κ1) is 18.1. The summed E-state index contributed by atoms with van der Waals surface area (Å²) in [5, 5.41) is 19.8. The Morgan fingerprint density at radius 1 is 0.966 bits per heavy atom. The van der Waals surface area contributed by atoms with Crippen LogP contribution in [0, 0.1) is 10.1 Å². The maximum atomic E-state index is 12.7. The summed E-state index contributed by atoms with van der Waals surface area (Å²) in [7, 11) is 0. The SMILES string of the molecule is CCn1nnnc1Cn1c(=O)c2cc3c(=O)n(CO[N+](=O)[O-])c(=O)c3cc2c1=O. The van der Waals surface area contributed by atoms with Gasteiger partial charge in [0.05, 0.1) is 28.1 Å². The molecular weight excluding hydrogens is 390 g/mol. The van der Waals surface area contributed by atoms with E-state index in [1.54, 1.807) is 6.92 Å². The minimum absolute atomic E-state index is 0.0533. The normalized spacial score (nSPS) is 11.5. The average Bonchev–Trinajstić information content (AvgIpc) is 3.31. The van der Waals surface area contributed by atoms with E-state index in [-0.39, 0.29) is 28.1 Å². The third kappa shape index (κ3) is 2.69. The molecule has 0 saturated heterocycles. The fraction of sp³-hybridized carbons (Fsp3) is 0.267. The molecule has 14 heteroatoms. The first-order valence-electron chi connectivity index (χ1n) is 8.26. The van der Waals surface area contributed by atoms with Crippen LogP contribution in [0.4, 0.5) is 0 Å². The summed E-state index contributed by atoms with van der Waals surface area (Å²) in [6, 6.07) is 2.28. The lowest BCUT2D eigenvalue weighted by atomic mass is 10.1. The fourth-order valence-electron chi connectivity index (χ4n) is 3.16. The predicted molar refractivity (Wildman–Crippen MR) is 95.6 cm³/mol. The van der Waals surface area contributed by atoms with Gasteiger partial charge in [-0.2, -0.15) is 0 Å². The zero-order valence-electron chi connectivity index (χ0n) is 14.8.